The highest BCUT2D eigenvalue weighted by molar-refractivity contribution is 7.87. The van der Waals surface area contributed by atoms with Gasteiger partial charge in [0.25, 0.3) is 0 Å². The van der Waals surface area contributed by atoms with Gasteiger partial charge in [0.2, 0.25) is 5.91 Å². The van der Waals surface area contributed by atoms with E-state index in [1.54, 1.807) is 53.4 Å². The van der Waals surface area contributed by atoms with Crippen molar-refractivity contribution in [3.63, 3.8) is 0 Å². The summed E-state index contributed by atoms with van der Waals surface area (Å²) in [6.45, 7) is 0.734. The molecule has 1 aliphatic carbocycles. The maximum Gasteiger partial charge on any atom is 0.339 e. The van der Waals surface area contributed by atoms with E-state index in [9.17, 15) is 17.6 Å². The van der Waals surface area contributed by atoms with E-state index in [0.717, 1.165) is 30.4 Å². The first-order chi connectivity index (χ1) is 16.3. The van der Waals surface area contributed by atoms with E-state index in [4.69, 9.17) is 8.92 Å². The minimum absolute atomic E-state index is 0.0222. The third kappa shape index (κ3) is 5.75. The van der Waals surface area contributed by atoms with E-state index in [-0.39, 0.29) is 28.3 Å². The number of halogens is 1. The molecular formula is C26H26FNO5S. The summed E-state index contributed by atoms with van der Waals surface area (Å²) in [7, 11) is -2.49. The second-order valence-electron chi connectivity index (χ2n) is 8.31. The maximum atomic E-state index is 13.3. The standard InChI is InChI=1S/C26H26FNO5S/c1-32-23-13-15-25(16-14-23)34(30,31)33-24-11-7-20(8-12-24)18-28(26(29)21-3-2-4-21)17-19-5-9-22(27)10-6-19/h5-16,21H,2-4,17-18H2,1H3. The molecule has 0 atom stereocenters. The van der Waals surface area contributed by atoms with Gasteiger partial charge in [-0.3, -0.25) is 4.79 Å². The summed E-state index contributed by atoms with van der Waals surface area (Å²) in [6.07, 6.45) is 2.82. The molecule has 0 unspecified atom stereocenters. The Bertz CT molecular complexity index is 1220. The Balaban J connectivity index is 1.46. The van der Waals surface area contributed by atoms with Crippen molar-refractivity contribution in [2.24, 2.45) is 5.92 Å². The number of benzene rings is 3. The highest BCUT2D eigenvalue weighted by Crippen LogP contribution is 2.30. The summed E-state index contributed by atoms with van der Waals surface area (Å²) in [5.41, 5.74) is 1.68. The summed E-state index contributed by atoms with van der Waals surface area (Å²) in [5.74, 6) is 0.511. The topological polar surface area (TPSA) is 72.9 Å². The molecule has 4 rings (SSSR count). The van der Waals surface area contributed by atoms with Crippen molar-refractivity contribution >= 4 is 16.0 Å². The van der Waals surface area contributed by atoms with Gasteiger partial charge in [0.1, 0.15) is 22.2 Å². The van der Waals surface area contributed by atoms with Crippen LogP contribution in [-0.4, -0.2) is 26.3 Å². The van der Waals surface area contributed by atoms with Crippen molar-refractivity contribution in [3.05, 3.63) is 89.7 Å². The molecule has 0 spiro atoms. The summed E-state index contributed by atoms with van der Waals surface area (Å²) in [5, 5.41) is 0. The highest BCUT2D eigenvalue weighted by atomic mass is 32.2. The van der Waals surface area contributed by atoms with E-state index in [0.29, 0.717) is 18.8 Å². The molecule has 0 aliphatic heterocycles. The number of amides is 1. The van der Waals surface area contributed by atoms with Crippen molar-refractivity contribution < 1.29 is 26.5 Å². The number of carbonyl (C=O) groups is 1. The number of hydrogen-bond acceptors (Lipinski definition) is 5. The summed E-state index contributed by atoms with van der Waals surface area (Å²) < 4.78 is 48.7. The van der Waals surface area contributed by atoms with Gasteiger partial charge < -0.3 is 13.8 Å². The van der Waals surface area contributed by atoms with E-state index < -0.39 is 10.1 Å². The van der Waals surface area contributed by atoms with Crippen molar-refractivity contribution in [2.45, 2.75) is 37.2 Å². The molecule has 0 aromatic heterocycles. The Labute approximate surface area is 199 Å². The van der Waals surface area contributed by atoms with E-state index in [1.165, 1.54) is 31.4 Å². The van der Waals surface area contributed by atoms with Crippen LogP contribution in [0.3, 0.4) is 0 Å². The maximum absolute atomic E-state index is 13.3. The van der Waals surface area contributed by atoms with Crippen LogP contribution in [0.2, 0.25) is 0 Å². The smallest absolute Gasteiger partial charge is 0.339 e. The number of carbonyl (C=O) groups excluding carboxylic acids is 1. The largest absolute Gasteiger partial charge is 0.497 e. The normalized spacial score (nSPS) is 13.7. The van der Waals surface area contributed by atoms with Gasteiger partial charge in [0, 0.05) is 19.0 Å². The molecule has 1 aliphatic rings. The second-order valence-corrected chi connectivity index (χ2v) is 9.85. The fourth-order valence-electron chi connectivity index (χ4n) is 3.72. The van der Waals surface area contributed by atoms with Crippen molar-refractivity contribution in [1.82, 2.24) is 4.90 Å². The van der Waals surface area contributed by atoms with Crippen molar-refractivity contribution in [3.8, 4) is 11.5 Å². The molecule has 8 heteroatoms. The van der Waals surface area contributed by atoms with E-state index >= 15 is 0 Å². The third-order valence-corrected chi connectivity index (χ3v) is 7.16. The van der Waals surface area contributed by atoms with Crippen LogP contribution in [0.1, 0.15) is 30.4 Å². The zero-order valence-corrected chi connectivity index (χ0v) is 19.6. The van der Waals surface area contributed by atoms with Crippen LogP contribution in [0.25, 0.3) is 0 Å². The lowest BCUT2D eigenvalue weighted by atomic mass is 9.84. The summed E-state index contributed by atoms with van der Waals surface area (Å²) in [4.78, 5) is 14.8. The predicted molar refractivity (Wildman–Crippen MR) is 125 cm³/mol. The Hall–Kier alpha value is -3.39. The van der Waals surface area contributed by atoms with Gasteiger partial charge in [-0.15, -0.1) is 0 Å². The molecule has 0 N–H and O–H groups in total. The van der Waals surface area contributed by atoms with Crippen LogP contribution in [0.5, 0.6) is 11.5 Å². The van der Waals surface area contributed by atoms with Gasteiger partial charge in [-0.1, -0.05) is 30.7 Å². The molecule has 3 aromatic rings. The Morgan fingerprint density at radius 1 is 0.882 bits per heavy atom. The zero-order chi connectivity index (χ0) is 24.1. The van der Waals surface area contributed by atoms with Crippen molar-refractivity contribution in [1.29, 1.82) is 0 Å². The minimum atomic E-state index is -3.99. The molecule has 0 radical (unpaired) electrons. The summed E-state index contributed by atoms with van der Waals surface area (Å²) in [6, 6.07) is 18.7. The molecular weight excluding hydrogens is 457 g/mol. The molecule has 1 amide bonds. The van der Waals surface area contributed by atoms with Gasteiger partial charge >= 0.3 is 10.1 Å². The van der Waals surface area contributed by atoms with Gasteiger partial charge in [-0.05, 0) is 72.5 Å². The van der Waals surface area contributed by atoms with Crippen LogP contribution >= 0.6 is 0 Å². The van der Waals surface area contributed by atoms with Gasteiger partial charge in [0.05, 0.1) is 7.11 Å². The number of methoxy groups -OCH3 is 1. The fourth-order valence-corrected chi connectivity index (χ4v) is 4.65. The third-order valence-electron chi connectivity index (χ3n) is 5.90. The first kappa shape index (κ1) is 23.8. The second kappa shape index (κ2) is 10.3. The average molecular weight is 484 g/mol. The lowest BCUT2D eigenvalue weighted by molar-refractivity contribution is -0.139. The predicted octanol–water partition coefficient (Wildman–Crippen LogP) is 4.93. The van der Waals surface area contributed by atoms with Crippen LogP contribution in [0, 0.1) is 11.7 Å². The lowest BCUT2D eigenvalue weighted by Crippen LogP contribution is -2.38. The Kier molecular flexibility index (Phi) is 7.17. The molecule has 3 aromatic carbocycles. The first-order valence-electron chi connectivity index (χ1n) is 11.0. The first-order valence-corrected chi connectivity index (χ1v) is 12.5. The molecule has 0 bridgehead atoms. The van der Waals surface area contributed by atoms with Crippen molar-refractivity contribution in [2.75, 3.05) is 7.11 Å². The Morgan fingerprint density at radius 2 is 1.41 bits per heavy atom. The van der Waals surface area contributed by atoms with Crippen LogP contribution in [0.4, 0.5) is 4.39 Å². The quantitative estimate of drug-likeness (QED) is 0.404. The van der Waals surface area contributed by atoms with Gasteiger partial charge in [-0.2, -0.15) is 8.42 Å². The SMILES string of the molecule is COc1ccc(S(=O)(=O)Oc2ccc(CN(Cc3ccc(F)cc3)C(=O)C3CCC3)cc2)cc1. The average Bonchev–Trinajstić information content (AvgIpc) is 2.80. The number of rotatable bonds is 9. The van der Waals surface area contributed by atoms with Gasteiger partial charge in [-0.25, -0.2) is 4.39 Å². The van der Waals surface area contributed by atoms with Crippen LogP contribution in [-0.2, 0) is 28.0 Å². The molecule has 34 heavy (non-hydrogen) atoms. The molecule has 6 nitrogen and oxygen atoms in total. The van der Waals surface area contributed by atoms with E-state index in [2.05, 4.69) is 0 Å². The monoisotopic (exact) mass is 483 g/mol. The molecule has 178 valence electrons. The van der Waals surface area contributed by atoms with Crippen LogP contribution < -0.4 is 8.92 Å². The highest BCUT2D eigenvalue weighted by Gasteiger charge is 2.29. The minimum Gasteiger partial charge on any atom is -0.497 e. The van der Waals surface area contributed by atoms with Crippen LogP contribution in [0.15, 0.2) is 77.7 Å². The Morgan fingerprint density at radius 3 is 1.91 bits per heavy atom. The fraction of sp³-hybridized carbons (Fsp3) is 0.269. The van der Waals surface area contributed by atoms with E-state index in [1.807, 2.05) is 0 Å². The lowest BCUT2D eigenvalue weighted by Gasteiger charge is -2.32. The molecule has 1 saturated carbocycles. The molecule has 0 saturated heterocycles. The molecule has 1 fully saturated rings. The van der Waals surface area contributed by atoms with Gasteiger partial charge in [0.15, 0.2) is 0 Å². The number of hydrogen-bond donors (Lipinski definition) is 0. The number of nitrogens with zero attached hydrogens (tertiary/aromatic N) is 1. The number of ether oxygens (including phenoxy) is 1. The molecule has 0 heterocycles. The zero-order valence-electron chi connectivity index (χ0n) is 18.8. The summed E-state index contributed by atoms with van der Waals surface area (Å²) >= 11 is 0.